The highest BCUT2D eigenvalue weighted by Crippen LogP contribution is 2.11. The summed E-state index contributed by atoms with van der Waals surface area (Å²) in [5, 5.41) is 0. The SMILES string of the molecule is CS(=O)(=O)Cc1nsc(Cl)n1. The maximum atomic E-state index is 10.7. The van der Waals surface area contributed by atoms with Gasteiger partial charge in [0.15, 0.2) is 15.7 Å². The van der Waals surface area contributed by atoms with Gasteiger partial charge in [0.05, 0.1) is 0 Å². The molecule has 0 unspecified atom stereocenters. The molecule has 0 aromatic carbocycles. The predicted molar refractivity (Wildman–Crippen MR) is 43.5 cm³/mol. The zero-order valence-corrected chi connectivity index (χ0v) is 8.00. The average molecular weight is 213 g/mol. The second kappa shape index (κ2) is 3.04. The summed E-state index contributed by atoms with van der Waals surface area (Å²) in [6.45, 7) is 0. The summed E-state index contributed by atoms with van der Waals surface area (Å²) >= 11 is 6.42. The Bertz CT molecular complexity index is 345. The van der Waals surface area contributed by atoms with Crippen molar-refractivity contribution in [3.8, 4) is 0 Å². The van der Waals surface area contributed by atoms with E-state index in [0.717, 1.165) is 17.8 Å². The van der Waals surface area contributed by atoms with Crippen LogP contribution >= 0.6 is 23.1 Å². The summed E-state index contributed by atoms with van der Waals surface area (Å²) in [5.74, 6) is 0.124. The molecule has 0 fully saturated rings. The van der Waals surface area contributed by atoms with Crippen molar-refractivity contribution in [2.75, 3.05) is 6.26 Å². The molecule has 0 saturated carbocycles. The van der Waals surface area contributed by atoms with Crippen molar-refractivity contribution in [1.29, 1.82) is 0 Å². The van der Waals surface area contributed by atoms with Gasteiger partial charge in [0.25, 0.3) is 0 Å². The van der Waals surface area contributed by atoms with E-state index in [4.69, 9.17) is 11.6 Å². The van der Waals surface area contributed by atoms with Crippen LogP contribution in [0.2, 0.25) is 4.47 Å². The fourth-order valence-corrected chi connectivity index (χ4v) is 1.84. The van der Waals surface area contributed by atoms with Gasteiger partial charge in [-0.3, -0.25) is 0 Å². The molecule has 11 heavy (non-hydrogen) atoms. The zero-order chi connectivity index (χ0) is 8.48. The lowest BCUT2D eigenvalue weighted by Gasteiger charge is -1.88. The summed E-state index contributed by atoms with van der Waals surface area (Å²) in [4.78, 5) is 3.69. The van der Waals surface area contributed by atoms with Crippen molar-refractivity contribution >= 4 is 33.0 Å². The maximum absolute atomic E-state index is 10.7. The molecular weight excluding hydrogens is 208 g/mol. The van der Waals surface area contributed by atoms with Crippen molar-refractivity contribution < 1.29 is 8.42 Å². The van der Waals surface area contributed by atoms with Crippen LogP contribution in [0, 0.1) is 0 Å². The van der Waals surface area contributed by atoms with Gasteiger partial charge in [0.1, 0.15) is 5.75 Å². The minimum absolute atomic E-state index is 0.143. The lowest BCUT2D eigenvalue weighted by atomic mass is 10.7. The molecule has 0 bridgehead atoms. The van der Waals surface area contributed by atoms with Gasteiger partial charge in [-0.25, -0.2) is 13.4 Å². The van der Waals surface area contributed by atoms with Crippen LogP contribution in [-0.2, 0) is 15.6 Å². The first-order chi connectivity index (χ1) is 4.97. The van der Waals surface area contributed by atoms with E-state index in [0.29, 0.717) is 0 Å². The van der Waals surface area contributed by atoms with Crippen LogP contribution in [0.15, 0.2) is 0 Å². The molecular formula is C4H5ClN2O2S2. The second-order valence-corrected chi connectivity index (χ2v) is 5.51. The molecule has 0 saturated heterocycles. The molecule has 0 spiro atoms. The minimum Gasteiger partial charge on any atom is -0.229 e. The molecule has 0 atom stereocenters. The zero-order valence-electron chi connectivity index (χ0n) is 5.61. The number of hydrogen-bond acceptors (Lipinski definition) is 5. The molecule has 0 amide bonds. The van der Waals surface area contributed by atoms with Gasteiger partial charge in [0, 0.05) is 6.26 Å². The first-order valence-electron chi connectivity index (χ1n) is 2.63. The molecule has 1 heterocycles. The molecule has 1 aromatic rings. The highest BCUT2D eigenvalue weighted by Gasteiger charge is 2.08. The monoisotopic (exact) mass is 212 g/mol. The average Bonchev–Trinajstić information content (AvgIpc) is 2.10. The fraction of sp³-hybridized carbons (Fsp3) is 0.500. The summed E-state index contributed by atoms with van der Waals surface area (Å²) in [6.07, 6.45) is 1.13. The quantitative estimate of drug-likeness (QED) is 0.726. The van der Waals surface area contributed by atoms with E-state index in [9.17, 15) is 8.42 Å². The summed E-state index contributed by atoms with van der Waals surface area (Å²) < 4.78 is 25.4. The maximum Gasteiger partial charge on any atom is 0.203 e. The molecule has 62 valence electrons. The van der Waals surface area contributed by atoms with Crippen LogP contribution in [0.5, 0.6) is 0 Å². The second-order valence-electron chi connectivity index (χ2n) is 2.03. The smallest absolute Gasteiger partial charge is 0.203 e. The topological polar surface area (TPSA) is 59.9 Å². The van der Waals surface area contributed by atoms with Crippen LogP contribution in [-0.4, -0.2) is 24.0 Å². The van der Waals surface area contributed by atoms with Gasteiger partial charge in [-0.1, -0.05) is 0 Å². The van der Waals surface area contributed by atoms with Crippen molar-refractivity contribution in [3.05, 3.63) is 10.3 Å². The van der Waals surface area contributed by atoms with Gasteiger partial charge in [-0.15, -0.1) is 0 Å². The van der Waals surface area contributed by atoms with Crippen molar-refractivity contribution in [2.24, 2.45) is 0 Å². The van der Waals surface area contributed by atoms with Crippen LogP contribution < -0.4 is 0 Å². The van der Waals surface area contributed by atoms with Crippen LogP contribution in [0.1, 0.15) is 5.82 Å². The van der Waals surface area contributed by atoms with Crippen LogP contribution in [0.25, 0.3) is 0 Å². The Labute approximate surface area is 73.3 Å². The predicted octanol–water partition coefficient (Wildman–Crippen LogP) is 0.736. The number of halogens is 1. The van der Waals surface area contributed by atoms with Gasteiger partial charge in [0.2, 0.25) is 4.47 Å². The number of rotatable bonds is 2. The lowest BCUT2D eigenvalue weighted by Crippen LogP contribution is -2.01. The first-order valence-corrected chi connectivity index (χ1v) is 5.84. The summed E-state index contributed by atoms with van der Waals surface area (Å²) in [7, 11) is -3.04. The third-order valence-corrected chi connectivity index (χ3v) is 2.45. The van der Waals surface area contributed by atoms with Gasteiger partial charge in [-0.05, 0) is 23.1 Å². The van der Waals surface area contributed by atoms with E-state index in [1.165, 1.54) is 0 Å². The van der Waals surface area contributed by atoms with Crippen LogP contribution in [0.4, 0.5) is 0 Å². The number of sulfone groups is 1. The van der Waals surface area contributed by atoms with E-state index in [1.54, 1.807) is 0 Å². The molecule has 0 aliphatic rings. The third kappa shape index (κ3) is 3.13. The molecule has 0 aliphatic heterocycles. The highest BCUT2D eigenvalue weighted by atomic mass is 35.5. The van der Waals surface area contributed by atoms with E-state index >= 15 is 0 Å². The van der Waals surface area contributed by atoms with Gasteiger partial charge < -0.3 is 0 Å². The number of aromatic nitrogens is 2. The Morgan fingerprint density at radius 1 is 1.64 bits per heavy atom. The van der Waals surface area contributed by atoms with E-state index < -0.39 is 9.84 Å². The van der Waals surface area contributed by atoms with Crippen molar-refractivity contribution in [2.45, 2.75) is 5.75 Å². The Kier molecular flexibility index (Phi) is 2.46. The standard InChI is InChI=1S/C4H5ClN2O2S2/c1-11(8,9)2-3-6-4(5)10-7-3/h2H2,1H3. The molecule has 0 aliphatic carbocycles. The molecule has 0 radical (unpaired) electrons. The largest absolute Gasteiger partial charge is 0.229 e. The highest BCUT2D eigenvalue weighted by molar-refractivity contribution is 7.89. The molecule has 7 heteroatoms. The minimum atomic E-state index is -3.04. The number of hydrogen-bond donors (Lipinski definition) is 0. The van der Waals surface area contributed by atoms with Gasteiger partial charge in [-0.2, -0.15) is 4.37 Å². The molecule has 1 rings (SSSR count). The van der Waals surface area contributed by atoms with E-state index in [-0.39, 0.29) is 16.0 Å². The van der Waals surface area contributed by atoms with Crippen molar-refractivity contribution in [3.63, 3.8) is 0 Å². The Morgan fingerprint density at radius 3 is 2.64 bits per heavy atom. The number of nitrogens with zero attached hydrogens (tertiary/aromatic N) is 2. The van der Waals surface area contributed by atoms with Crippen LogP contribution in [0.3, 0.4) is 0 Å². The Balaban J connectivity index is 2.81. The Hall–Kier alpha value is -0.200. The molecule has 4 nitrogen and oxygen atoms in total. The summed E-state index contributed by atoms with van der Waals surface area (Å²) in [6, 6.07) is 0. The van der Waals surface area contributed by atoms with Gasteiger partial charge >= 0.3 is 0 Å². The first kappa shape index (κ1) is 8.89. The lowest BCUT2D eigenvalue weighted by molar-refractivity contribution is 0.600. The van der Waals surface area contributed by atoms with E-state index in [2.05, 4.69) is 9.36 Å². The normalized spacial score (nSPS) is 11.8. The molecule has 0 N–H and O–H groups in total. The third-order valence-electron chi connectivity index (χ3n) is 0.835. The molecule has 1 aromatic heterocycles. The van der Waals surface area contributed by atoms with Crippen molar-refractivity contribution in [1.82, 2.24) is 9.36 Å². The Morgan fingerprint density at radius 2 is 2.27 bits per heavy atom. The van der Waals surface area contributed by atoms with E-state index in [1.807, 2.05) is 0 Å². The summed E-state index contributed by atoms with van der Waals surface area (Å²) in [5.41, 5.74) is 0. The fourth-order valence-electron chi connectivity index (χ4n) is 0.526.